The molecule has 4 nitrogen and oxygen atoms in total. The number of aromatic nitrogens is 2. The first-order valence-corrected chi connectivity index (χ1v) is 7.16. The van der Waals surface area contributed by atoms with E-state index in [9.17, 15) is 4.39 Å². The summed E-state index contributed by atoms with van der Waals surface area (Å²) in [7, 11) is 1.60. The van der Waals surface area contributed by atoms with Crippen molar-refractivity contribution in [3.05, 3.63) is 36.0 Å². The first kappa shape index (κ1) is 15.3. The lowest BCUT2D eigenvalue weighted by Gasteiger charge is -2.09. The summed E-state index contributed by atoms with van der Waals surface area (Å²) in [5, 5.41) is 4.09. The van der Waals surface area contributed by atoms with Crippen molar-refractivity contribution in [3.63, 3.8) is 0 Å². The molecule has 0 radical (unpaired) electrons. The summed E-state index contributed by atoms with van der Waals surface area (Å²) in [6.07, 6.45) is 1.43. The topological polar surface area (TPSA) is 53.1 Å². The Kier molecular flexibility index (Phi) is 4.67. The van der Waals surface area contributed by atoms with Crippen LogP contribution in [0.25, 0.3) is 0 Å². The minimum Gasteiger partial charge on any atom is -0.497 e. The summed E-state index contributed by atoms with van der Waals surface area (Å²) in [6, 6.07) is 7.48. The van der Waals surface area contributed by atoms with Crippen molar-refractivity contribution < 1.29 is 9.13 Å². The zero-order chi connectivity index (χ0) is 14.8. The number of hydrogen-bond acceptors (Lipinski definition) is 4. The third kappa shape index (κ3) is 3.94. The molecule has 8 heteroatoms. The van der Waals surface area contributed by atoms with Gasteiger partial charge in [0, 0.05) is 0 Å². The van der Waals surface area contributed by atoms with Gasteiger partial charge in [0.05, 0.1) is 24.7 Å². The molecule has 1 aromatic carbocycles. The fourth-order valence-electron chi connectivity index (χ4n) is 1.61. The van der Waals surface area contributed by atoms with E-state index in [1.807, 2.05) is 24.3 Å². The lowest BCUT2D eigenvalue weighted by Crippen LogP contribution is -2.06. The van der Waals surface area contributed by atoms with Gasteiger partial charge in [0.1, 0.15) is 11.6 Å². The smallest absolute Gasteiger partial charge is 0.309 e. The Labute approximate surface area is 130 Å². The molecule has 0 unspecified atom stereocenters. The quantitative estimate of drug-likeness (QED) is 0.669. The lowest BCUT2D eigenvalue weighted by atomic mass is 10.2. The summed E-state index contributed by atoms with van der Waals surface area (Å²) in [5.74, 6) is 1.08. The number of methoxy groups -OCH3 is 1. The monoisotopic (exact) mass is 335 g/mol. The van der Waals surface area contributed by atoms with E-state index < -0.39 is 3.92 Å². The Bertz CT molecular complexity index is 583. The fourth-order valence-corrected chi connectivity index (χ4v) is 2.67. The number of nitrogens with zero attached hydrogens (tertiary/aromatic N) is 2. The molecule has 0 atom stereocenters. The predicted octanol–water partition coefficient (Wildman–Crippen LogP) is 3.67. The molecule has 0 fully saturated rings. The average molecular weight is 336 g/mol. The van der Waals surface area contributed by atoms with E-state index in [0.717, 1.165) is 11.3 Å². The number of nitrogen functional groups attached to an aromatic ring is 1. The van der Waals surface area contributed by atoms with Crippen molar-refractivity contribution in [2.24, 2.45) is 0 Å². The van der Waals surface area contributed by atoms with Crippen LogP contribution in [0.4, 0.5) is 10.2 Å². The Hall–Kier alpha value is -1.11. The van der Waals surface area contributed by atoms with Gasteiger partial charge < -0.3 is 10.5 Å². The SMILES string of the molecule is COc1ccc(Cn2ncc(SC(F)(Cl)Cl)c2N)cc1. The predicted molar refractivity (Wildman–Crippen MR) is 80.1 cm³/mol. The molecule has 2 rings (SSSR count). The highest BCUT2D eigenvalue weighted by Crippen LogP contribution is 2.43. The molecule has 1 heterocycles. The maximum atomic E-state index is 13.2. The molecule has 1 aromatic heterocycles. The summed E-state index contributed by atoms with van der Waals surface area (Å²) >= 11 is 11.2. The van der Waals surface area contributed by atoms with Crippen LogP contribution in [0.3, 0.4) is 0 Å². The molecule has 20 heavy (non-hydrogen) atoms. The van der Waals surface area contributed by atoms with Crippen LogP contribution in [-0.4, -0.2) is 20.8 Å². The van der Waals surface area contributed by atoms with E-state index in [-0.39, 0.29) is 0 Å². The standard InChI is InChI=1S/C12H12Cl2FN3OS/c1-19-9-4-2-8(3-5-9)7-18-11(16)10(6-17-18)20-12(13,14)15/h2-6H,7,16H2,1H3. The fraction of sp³-hybridized carbons (Fsp3) is 0.250. The van der Waals surface area contributed by atoms with Crippen LogP contribution in [0.1, 0.15) is 5.56 Å². The van der Waals surface area contributed by atoms with Gasteiger partial charge in [-0.1, -0.05) is 35.3 Å². The Balaban J connectivity index is 2.13. The number of alkyl halides is 3. The van der Waals surface area contributed by atoms with E-state index in [1.54, 1.807) is 11.8 Å². The van der Waals surface area contributed by atoms with E-state index in [2.05, 4.69) is 5.10 Å². The molecule has 0 saturated heterocycles. The molecule has 108 valence electrons. The zero-order valence-corrected chi connectivity index (χ0v) is 12.8. The number of anilines is 1. The van der Waals surface area contributed by atoms with Crippen molar-refractivity contribution >= 4 is 40.8 Å². The van der Waals surface area contributed by atoms with Gasteiger partial charge >= 0.3 is 3.92 Å². The van der Waals surface area contributed by atoms with E-state index in [4.69, 9.17) is 33.7 Å². The number of ether oxygens (including phenoxy) is 1. The second-order valence-corrected chi connectivity index (χ2v) is 6.84. The first-order valence-electron chi connectivity index (χ1n) is 5.59. The van der Waals surface area contributed by atoms with Gasteiger partial charge in [-0.05, 0) is 29.5 Å². The summed E-state index contributed by atoms with van der Waals surface area (Å²) in [6.45, 7) is 0.459. The minimum absolute atomic E-state index is 0.314. The number of hydrogen-bond donors (Lipinski definition) is 1. The molecule has 0 amide bonds. The van der Waals surface area contributed by atoms with Crippen molar-refractivity contribution in [2.45, 2.75) is 15.4 Å². The largest absolute Gasteiger partial charge is 0.497 e. The van der Waals surface area contributed by atoms with Crippen LogP contribution in [0.2, 0.25) is 0 Å². The van der Waals surface area contributed by atoms with Gasteiger partial charge in [-0.2, -0.15) is 9.49 Å². The molecule has 0 aliphatic carbocycles. The summed E-state index contributed by atoms with van der Waals surface area (Å²) in [5.41, 5.74) is 6.87. The molecular weight excluding hydrogens is 324 g/mol. The second kappa shape index (κ2) is 6.11. The normalized spacial score (nSPS) is 11.6. The summed E-state index contributed by atoms with van der Waals surface area (Å²) < 4.78 is 17.4. The molecular formula is C12H12Cl2FN3OS. The number of nitrogens with two attached hydrogens (primary N) is 1. The highest BCUT2D eigenvalue weighted by atomic mass is 35.5. The molecule has 0 aliphatic rings. The minimum atomic E-state index is -2.43. The van der Waals surface area contributed by atoms with Gasteiger partial charge in [-0.25, -0.2) is 4.68 Å². The highest BCUT2D eigenvalue weighted by molar-refractivity contribution is 8.03. The van der Waals surface area contributed by atoms with Crippen molar-refractivity contribution in [1.29, 1.82) is 0 Å². The van der Waals surface area contributed by atoms with Crippen LogP contribution in [0, 0.1) is 0 Å². The first-order chi connectivity index (χ1) is 9.39. The van der Waals surface area contributed by atoms with Gasteiger partial charge in [0.15, 0.2) is 0 Å². The maximum Gasteiger partial charge on any atom is 0.309 e. The van der Waals surface area contributed by atoms with Crippen molar-refractivity contribution in [1.82, 2.24) is 9.78 Å². The molecule has 0 aliphatic heterocycles. The molecule has 2 aromatic rings. The number of thioether (sulfide) groups is 1. The van der Waals surface area contributed by atoms with Gasteiger partial charge in [-0.3, -0.25) is 0 Å². The zero-order valence-electron chi connectivity index (χ0n) is 10.5. The lowest BCUT2D eigenvalue weighted by molar-refractivity contribution is 0.414. The number of benzene rings is 1. The highest BCUT2D eigenvalue weighted by Gasteiger charge is 2.26. The third-order valence-electron chi connectivity index (χ3n) is 2.56. The Morgan fingerprint density at radius 1 is 1.40 bits per heavy atom. The maximum absolute atomic E-state index is 13.2. The van der Waals surface area contributed by atoms with E-state index in [0.29, 0.717) is 29.0 Å². The average Bonchev–Trinajstić information content (AvgIpc) is 2.71. The van der Waals surface area contributed by atoms with Crippen LogP contribution in [-0.2, 0) is 6.54 Å². The van der Waals surface area contributed by atoms with E-state index >= 15 is 0 Å². The van der Waals surface area contributed by atoms with Crippen LogP contribution in [0.15, 0.2) is 35.4 Å². The van der Waals surface area contributed by atoms with Crippen LogP contribution in [0.5, 0.6) is 5.75 Å². The van der Waals surface area contributed by atoms with Gasteiger partial charge in [0.25, 0.3) is 0 Å². The van der Waals surface area contributed by atoms with E-state index in [1.165, 1.54) is 6.20 Å². The Morgan fingerprint density at radius 2 is 2.05 bits per heavy atom. The Morgan fingerprint density at radius 3 is 2.60 bits per heavy atom. The summed E-state index contributed by atoms with van der Waals surface area (Å²) in [4.78, 5) is 0.394. The van der Waals surface area contributed by atoms with Crippen LogP contribution < -0.4 is 10.5 Å². The number of halogens is 3. The van der Waals surface area contributed by atoms with Gasteiger partial charge in [-0.15, -0.1) is 0 Å². The number of rotatable bonds is 5. The molecule has 0 saturated carbocycles. The molecule has 0 bridgehead atoms. The third-order valence-corrected chi connectivity index (χ3v) is 3.79. The molecule has 0 spiro atoms. The molecule has 2 N–H and O–H groups in total. The second-order valence-electron chi connectivity index (χ2n) is 3.95. The van der Waals surface area contributed by atoms with Gasteiger partial charge in [0.2, 0.25) is 0 Å². The van der Waals surface area contributed by atoms with Crippen molar-refractivity contribution in [3.8, 4) is 5.75 Å². The van der Waals surface area contributed by atoms with Crippen molar-refractivity contribution in [2.75, 3.05) is 12.8 Å². The van der Waals surface area contributed by atoms with Crippen LogP contribution >= 0.6 is 35.0 Å².